The summed E-state index contributed by atoms with van der Waals surface area (Å²) >= 11 is 0. The Morgan fingerprint density at radius 2 is 1.94 bits per heavy atom. The van der Waals surface area contributed by atoms with Crippen molar-refractivity contribution in [1.29, 1.82) is 0 Å². The normalized spacial score (nSPS) is 23.2. The average Bonchev–Trinajstić information content (AvgIpc) is 2.38. The molecule has 1 saturated heterocycles. The Morgan fingerprint density at radius 3 is 2.71 bits per heavy atom. The van der Waals surface area contributed by atoms with Crippen molar-refractivity contribution in [2.45, 2.75) is 18.3 Å². The molecule has 2 aliphatic heterocycles. The zero-order valence-electron chi connectivity index (χ0n) is 10.2. The van der Waals surface area contributed by atoms with Gasteiger partial charge in [0.25, 0.3) is 5.91 Å². The van der Waals surface area contributed by atoms with Crippen molar-refractivity contribution >= 4 is 5.91 Å². The van der Waals surface area contributed by atoms with E-state index in [0.717, 1.165) is 38.0 Å². The molecule has 2 heterocycles. The van der Waals surface area contributed by atoms with E-state index in [1.54, 1.807) is 0 Å². The van der Waals surface area contributed by atoms with Gasteiger partial charge in [0, 0.05) is 17.5 Å². The highest BCUT2D eigenvalue weighted by Crippen LogP contribution is 2.38. The van der Waals surface area contributed by atoms with Crippen LogP contribution in [0.25, 0.3) is 0 Å². The van der Waals surface area contributed by atoms with E-state index >= 15 is 0 Å². The van der Waals surface area contributed by atoms with E-state index in [1.807, 2.05) is 12.1 Å². The van der Waals surface area contributed by atoms with Crippen molar-refractivity contribution in [3.63, 3.8) is 0 Å². The van der Waals surface area contributed by atoms with Crippen LogP contribution in [0.15, 0.2) is 24.3 Å². The summed E-state index contributed by atoms with van der Waals surface area (Å²) in [6.07, 6.45) is 2.28. The molecule has 3 rings (SSSR count). The van der Waals surface area contributed by atoms with Crippen molar-refractivity contribution < 1.29 is 4.79 Å². The predicted octanol–water partition coefficient (Wildman–Crippen LogP) is 1.39. The number of carbonyl (C=O) groups excluding carboxylic acids is 1. The zero-order chi connectivity index (χ0) is 11.9. The minimum absolute atomic E-state index is 0.0881. The number of hydrogen-bond acceptors (Lipinski definition) is 2. The third kappa shape index (κ3) is 1.65. The highest BCUT2D eigenvalue weighted by atomic mass is 16.1. The summed E-state index contributed by atoms with van der Waals surface area (Å²) < 4.78 is 0. The van der Waals surface area contributed by atoms with Gasteiger partial charge in [-0.15, -0.1) is 0 Å². The largest absolute Gasteiger partial charge is 0.351 e. The maximum atomic E-state index is 11.9. The predicted molar refractivity (Wildman–Crippen MR) is 67.2 cm³/mol. The lowest BCUT2D eigenvalue weighted by Crippen LogP contribution is -2.52. The third-order valence-corrected chi connectivity index (χ3v) is 4.27. The lowest BCUT2D eigenvalue weighted by Gasteiger charge is -2.44. The number of fused-ring (bicyclic) bond motifs is 2. The minimum Gasteiger partial charge on any atom is -0.351 e. The van der Waals surface area contributed by atoms with Gasteiger partial charge in [0.15, 0.2) is 0 Å². The van der Waals surface area contributed by atoms with Gasteiger partial charge in [-0.2, -0.15) is 0 Å². The number of rotatable bonds is 0. The Bertz CT molecular complexity index is 447. The molecule has 1 amide bonds. The third-order valence-electron chi connectivity index (χ3n) is 4.27. The molecule has 1 fully saturated rings. The molecule has 0 radical (unpaired) electrons. The number of benzene rings is 1. The molecular weight excluding hydrogens is 212 g/mol. The second-order valence-electron chi connectivity index (χ2n) is 5.31. The van der Waals surface area contributed by atoms with Crippen LogP contribution in [0.5, 0.6) is 0 Å². The molecule has 0 aromatic heterocycles. The smallest absolute Gasteiger partial charge is 0.251 e. The molecule has 3 nitrogen and oxygen atoms in total. The molecule has 0 atom stereocenters. The van der Waals surface area contributed by atoms with Gasteiger partial charge in [-0.25, -0.2) is 0 Å². The highest BCUT2D eigenvalue weighted by Gasteiger charge is 2.40. The molecule has 0 saturated carbocycles. The molecule has 1 spiro atoms. The fourth-order valence-electron chi connectivity index (χ4n) is 3.08. The molecule has 0 bridgehead atoms. The van der Waals surface area contributed by atoms with Crippen molar-refractivity contribution in [2.24, 2.45) is 0 Å². The van der Waals surface area contributed by atoms with E-state index in [0.29, 0.717) is 0 Å². The second-order valence-corrected chi connectivity index (χ2v) is 5.31. The summed E-state index contributed by atoms with van der Waals surface area (Å²) in [7, 11) is 2.17. The SMILES string of the molecule is CN1CCC2(CC1)CNC(=O)c1ccccc12. The van der Waals surface area contributed by atoms with Crippen LogP contribution < -0.4 is 5.32 Å². The van der Waals surface area contributed by atoms with Gasteiger partial charge in [0.2, 0.25) is 0 Å². The van der Waals surface area contributed by atoms with Crippen LogP contribution in [-0.4, -0.2) is 37.5 Å². The number of nitrogens with one attached hydrogen (secondary N) is 1. The number of likely N-dealkylation sites (tertiary alicyclic amines) is 1. The van der Waals surface area contributed by atoms with E-state index in [1.165, 1.54) is 5.56 Å². The monoisotopic (exact) mass is 230 g/mol. The van der Waals surface area contributed by atoms with Gasteiger partial charge in [-0.05, 0) is 44.6 Å². The molecule has 90 valence electrons. The second kappa shape index (κ2) is 3.84. The Hall–Kier alpha value is -1.35. The van der Waals surface area contributed by atoms with E-state index in [4.69, 9.17) is 0 Å². The highest BCUT2D eigenvalue weighted by molar-refractivity contribution is 5.97. The van der Waals surface area contributed by atoms with Gasteiger partial charge < -0.3 is 10.2 Å². The summed E-state index contributed by atoms with van der Waals surface area (Å²) in [5.74, 6) is 0.0881. The Kier molecular flexibility index (Phi) is 2.44. The molecule has 2 aliphatic rings. The fourth-order valence-corrected chi connectivity index (χ4v) is 3.08. The van der Waals surface area contributed by atoms with Gasteiger partial charge in [0.1, 0.15) is 0 Å². The maximum absolute atomic E-state index is 11.9. The first-order valence-corrected chi connectivity index (χ1v) is 6.28. The van der Waals surface area contributed by atoms with Crippen LogP contribution in [0.1, 0.15) is 28.8 Å². The number of nitrogens with zero attached hydrogens (tertiary/aromatic N) is 1. The van der Waals surface area contributed by atoms with Crippen LogP contribution in [0.3, 0.4) is 0 Å². The number of amides is 1. The van der Waals surface area contributed by atoms with Gasteiger partial charge in [0.05, 0.1) is 0 Å². The van der Waals surface area contributed by atoms with E-state index < -0.39 is 0 Å². The fraction of sp³-hybridized carbons (Fsp3) is 0.500. The van der Waals surface area contributed by atoms with E-state index in [-0.39, 0.29) is 11.3 Å². The number of carbonyl (C=O) groups is 1. The lowest BCUT2D eigenvalue weighted by atomic mass is 9.69. The molecule has 0 unspecified atom stereocenters. The number of hydrogen-bond donors (Lipinski definition) is 1. The Morgan fingerprint density at radius 1 is 1.24 bits per heavy atom. The van der Waals surface area contributed by atoms with Crippen LogP contribution in [0.2, 0.25) is 0 Å². The topological polar surface area (TPSA) is 32.3 Å². The van der Waals surface area contributed by atoms with E-state index in [2.05, 4.69) is 29.4 Å². The molecule has 3 heteroatoms. The molecule has 17 heavy (non-hydrogen) atoms. The van der Waals surface area contributed by atoms with Gasteiger partial charge in [-0.3, -0.25) is 4.79 Å². The molecule has 1 aromatic carbocycles. The summed E-state index contributed by atoms with van der Waals surface area (Å²) in [5.41, 5.74) is 2.32. The Balaban J connectivity index is 2.03. The molecule has 1 aromatic rings. The first-order valence-electron chi connectivity index (χ1n) is 6.28. The van der Waals surface area contributed by atoms with Crippen LogP contribution in [-0.2, 0) is 5.41 Å². The summed E-state index contributed by atoms with van der Waals surface area (Å²) in [6, 6.07) is 8.09. The van der Waals surface area contributed by atoms with Crippen molar-refractivity contribution in [3.8, 4) is 0 Å². The summed E-state index contributed by atoms with van der Waals surface area (Å²) in [6.45, 7) is 3.03. The summed E-state index contributed by atoms with van der Waals surface area (Å²) in [4.78, 5) is 14.2. The summed E-state index contributed by atoms with van der Waals surface area (Å²) in [5, 5.41) is 3.06. The quantitative estimate of drug-likeness (QED) is 0.730. The molecule has 1 N–H and O–H groups in total. The van der Waals surface area contributed by atoms with Gasteiger partial charge in [-0.1, -0.05) is 18.2 Å². The first-order chi connectivity index (χ1) is 8.21. The number of piperidine rings is 1. The minimum atomic E-state index is 0.0881. The molecular formula is C14H18N2O. The lowest BCUT2D eigenvalue weighted by molar-refractivity contribution is 0.0896. The first kappa shape index (κ1) is 10.8. The van der Waals surface area contributed by atoms with Crippen LogP contribution in [0.4, 0.5) is 0 Å². The van der Waals surface area contributed by atoms with Crippen LogP contribution in [0, 0.1) is 0 Å². The van der Waals surface area contributed by atoms with E-state index in [9.17, 15) is 4.79 Å². The Labute approximate surface area is 102 Å². The van der Waals surface area contributed by atoms with Crippen molar-refractivity contribution in [1.82, 2.24) is 10.2 Å². The van der Waals surface area contributed by atoms with Crippen LogP contribution >= 0.6 is 0 Å². The van der Waals surface area contributed by atoms with Gasteiger partial charge >= 0.3 is 0 Å². The maximum Gasteiger partial charge on any atom is 0.251 e. The molecule has 0 aliphatic carbocycles. The standard InChI is InChI=1S/C14H18N2O/c1-16-8-6-14(7-9-16)10-15-13(17)11-4-2-3-5-12(11)14/h2-5H,6-10H2,1H3,(H,15,17). The zero-order valence-corrected chi connectivity index (χ0v) is 10.2. The average molecular weight is 230 g/mol. The van der Waals surface area contributed by atoms with Crippen molar-refractivity contribution in [2.75, 3.05) is 26.7 Å². The van der Waals surface area contributed by atoms with Crippen molar-refractivity contribution in [3.05, 3.63) is 35.4 Å².